The highest BCUT2D eigenvalue weighted by atomic mass is 32.1. The van der Waals surface area contributed by atoms with Crippen molar-refractivity contribution in [2.24, 2.45) is 16.9 Å². The molecule has 2 fully saturated rings. The van der Waals surface area contributed by atoms with Gasteiger partial charge in [0, 0.05) is 41.8 Å². The maximum Gasteiger partial charge on any atom is 0.405 e. The van der Waals surface area contributed by atoms with Crippen molar-refractivity contribution in [3.05, 3.63) is 46.2 Å². The fourth-order valence-corrected chi connectivity index (χ4v) is 6.97. The normalized spacial score (nSPS) is 22.2. The van der Waals surface area contributed by atoms with Crippen LogP contribution in [-0.2, 0) is 16.0 Å². The summed E-state index contributed by atoms with van der Waals surface area (Å²) in [5.41, 5.74) is 1.83. The number of hydrogen-bond donors (Lipinski definition) is 2. The average molecular weight is 569 g/mol. The van der Waals surface area contributed by atoms with E-state index in [9.17, 15) is 19.5 Å². The molecule has 40 heavy (non-hydrogen) atoms. The van der Waals surface area contributed by atoms with Crippen LogP contribution >= 0.6 is 11.3 Å². The van der Waals surface area contributed by atoms with Gasteiger partial charge in [-0.15, -0.1) is 11.3 Å². The van der Waals surface area contributed by atoms with E-state index in [1.54, 1.807) is 24.1 Å². The predicted molar refractivity (Wildman–Crippen MR) is 151 cm³/mol. The van der Waals surface area contributed by atoms with E-state index in [1.165, 1.54) is 11.3 Å². The zero-order chi connectivity index (χ0) is 28.2. The monoisotopic (exact) mass is 568 g/mol. The van der Waals surface area contributed by atoms with Gasteiger partial charge < -0.3 is 24.8 Å². The third-order valence-corrected chi connectivity index (χ3v) is 9.16. The number of carbonyl (C=O) groups excluding carboxylic acids is 2. The molecule has 0 unspecified atom stereocenters. The maximum atomic E-state index is 13.7. The van der Waals surface area contributed by atoms with Crippen LogP contribution in [0.25, 0.3) is 0 Å². The topological polar surface area (TPSA) is 121 Å². The number of thiophene rings is 1. The van der Waals surface area contributed by atoms with Gasteiger partial charge in [-0.05, 0) is 55.3 Å². The number of hydrazone groups is 1. The number of hydrogen-bond acceptors (Lipinski definition) is 7. The van der Waals surface area contributed by atoms with Crippen molar-refractivity contribution in [2.45, 2.75) is 57.0 Å². The third kappa shape index (κ3) is 5.79. The highest BCUT2D eigenvalue weighted by Crippen LogP contribution is 2.40. The lowest BCUT2D eigenvalue weighted by Gasteiger charge is -2.43. The molecule has 3 aliphatic rings. The Morgan fingerprint density at radius 3 is 2.45 bits per heavy atom. The summed E-state index contributed by atoms with van der Waals surface area (Å²) in [6.45, 7) is 0.871. The molecule has 2 aliphatic heterocycles. The van der Waals surface area contributed by atoms with E-state index in [0.717, 1.165) is 41.8 Å². The van der Waals surface area contributed by atoms with Crippen molar-refractivity contribution >= 4 is 35.0 Å². The van der Waals surface area contributed by atoms with E-state index in [4.69, 9.17) is 14.6 Å². The van der Waals surface area contributed by atoms with E-state index in [2.05, 4.69) is 5.32 Å². The highest BCUT2D eigenvalue weighted by Gasteiger charge is 2.44. The molecule has 1 aliphatic carbocycles. The van der Waals surface area contributed by atoms with Gasteiger partial charge in [0.15, 0.2) is 11.5 Å². The smallest absolute Gasteiger partial charge is 0.405 e. The molecule has 5 rings (SSSR count). The lowest BCUT2D eigenvalue weighted by atomic mass is 9.73. The standard InChI is InChI=1S/C29H36N4O6S/c1-38-24-10-9-18(16-25(24)39-2)26-21-7-3-4-8-22(21)27(34)33(31-26)19-11-13-32(14-12-19)28(35)23(30-29(36)37)17-20-6-5-15-40-20/h5-6,9-10,15-16,19,21-23,30H,3-4,7-8,11-14,17H2,1-2H3,(H,36,37)/t21-,22+,23-/m0/s1. The van der Waals surface area contributed by atoms with Crippen LogP contribution in [-0.4, -0.2) is 78.0 Å². The van der Waals surface area contributed by atoms with Gasteiger partial charge in [0.2, 0.25) is 11.8 Å². The van der Waals surface area contributed by atoms with Gasteiger partial charge in [0.05, 0.1) is 26.0 Å². The van der Waals surface area contributed by atoms with Gasteiger partial charge in [0.25, 0.3) is 0 Å². The molecule has 2 aromatic rings. The molecule has 1 aromatic heterocycles. The Kier molecular flexibility index (Phi) is 8.58. The fourth-order valence-electron chi connectivity index (χ4n) is 6.22. The average Bonchev–Trinajstić information content (AvgIpc) is 3.49. The van der Waals surface area contributed by atoms with Crippen LogP contribution < -0.4 is 14.8 Å². The Hall–Kier alpha value is -3.60. The van der Waals surface area contributed by atoms with Crippen LogP contribution in [0.15, 0.2) is 40.8 Å². The largest absolute Gasteiger partial charge is 0.493 e. The molecular formula is C29H36N4O6S. The number of rotatable bonds is 8. The van der Waals surface area contributed by atoms with Gasteiger partial charge in [0.1, 0.15) is 6.04 Å². The Bertz CT molecular complexity index is 1260. The minimum Gasteiger partial charge on any atom is -0.493 e. The first kappa shape index (κ1) is 27.9. The Morgan fingerprint density at radius 1 is 1.07 bits per heavy atom. The molecule has 0 radical (unpaired) electrons. The second-order valence-electron chi connectivity index (χ2n) is 10.6. The van der Waals surface area contributed by atoms with Crippen LogP contribution in [0, 0.1) is 11.8 Å². The number of methoxy groups -OCH3 is 2. The summed E-state index contributed by atoms with van der Waals surface area (Å²) in [5, 5.41) is 20.3. The number of piperidine rings is 1. The molecule has 3 amide bonds. The van der Waals surface area contributed by atoms with E-state index in [0.29, 0.717) is 43.9 Å². The van der Waals surface area contributed by atoms with E-state index in [-0.39, 0.29) is 29.7 Å². The molecule has 10 nitrogen and oxygen atoms in total. The van der Waals surface area contributed by atoms with Gasteiger partial charge in [-0.25, -0.2) is 9.80 Å². The van der Waals surface area contributed by atoms with E-state index in [1.807, 2.05) is 35.7 Å². The summed E-state index contributed by atoms with van der Waals surface area (Å²) < 4.78 is 11.0. The lowest BCUT2D eigenvalue weighted by molar-refractivity contribution is -0.143. The number of carbonyl (C=O) groups is 3. The number of benzene rings is 1. The molecule has 1 saturated carbocycles. The number of nitrogens with zero attached hydrogens (tertiary/aromatic N) is 3. The molecule has 1 aromatic carbocycles. The molecular weight excluding hydrogens is 532 g/mol. The summed E-state index contributed by atoms with van der Waals surface area (Å²) in [4.78, 5) is 41.1. The van der Waals surface area contributed by atoms with Crippen LogP contribution in [0.5, 0.6) is 11.5 Å². The Morgan fingerprint density at radius 2 is 1.80 bits per heavy atom. The van der Waals surface area contributed by atoms with E-state index >= 15 is 0 Å². The molecule has 0 bridgehead atoms. The first-order valence-electron chi connectivity index (χ1n) is 13.8. The SMILES string of the molecule is COc1ccc(C2=NN(C3CCN(C(=O)[C@H](Cc4cccs4)NC(=O)O)CC3)C(=O)[C@@H]3CCCC[C@H]23)cc1OC. The number of likely N-dealkylation sites (tertiary alicyclic amines) is 1. The van der Waals surface area contributed by atoms with Crippen LogP contribution in [0.1, 0.15) is 49.0 Å². The van der Waals surface area contributed by atoms with Crippen molar-refractivity contribution in [1.29, 1.82) is 0 Å². The fraction of sp³-hybridized carbons (Fsp3) is 0.517. The van der Waals surface area contributed by atoms with Crippen LogP contribution in [0.2, 0.25) is 0 Å². The maximum absolute atomic E-state index is 13.7. The second-order valence-corrected chi connectivity index (χ2v) is 11.6. The first-order chi connectivity index (χ1) is 19.4. The summed E-state index contributed by atoms with van der Waals surface area (Å²) >= 11 is 1.50. The molecule has 3 atom stereocenters. The lowest BCUT2D eigenvalue weighted by Crippen LogP contribution is -2.55. The predicted octanol–water partition coefficient (Wildman–Crippen LogP) is 3.99. The van der Waals surface area contributed by atoms with E-state index < -0.39 is 12.1 Å². The molecule has 2 N–H and O–H groups in total. The molecule has 11 heteroatoms. The summed E-state index contributed by atoms with van der Waals surface area (Å²) in [7, 11) is 3.21. The minimum atomic E-state index is -1.22. The van der Waals surface area contributed by atoms with Gasteiger partial charge in [-0.1, -0.05) is 18.9 Å². The zero-order valence-electron chi connectivity index (χ0n) is 22.9. The van der Waals surface area contributed by atoms with Crippen molar-refractivity contribution in [3.63, 3.8) is 0 Å². The Labute approximate surface area is 237 Å². The Balaban J connectivity index is 1.34. The van der Waals surface area contributed by atoms with Gasteiger partial charge in [-0.3, -0.25) is 9.59 Å². The zero-order valence-corrected chi connectivity index (χ0v) is 23.7. The van der Waals surface area contributed by atoms with Gasteiger partial charge >= 0.3 is 6.09 Å². The van der Waals surface area contributed by atoms with Crippen molar-refractivity contribution < 1.29 is 29.0 Å². The number of fused-ring (bicyclic) bond motifs is 1. The first-order valence-corrected chi connectivity index (χ1v) is 14.7. The minimum absolute atomic E-state index is 0.0670. The molecule has 3 heterocycles. The molecule has 0 spiro atoms. The number of ether oxygens (including phenoxy) is 2. The van der Waals surface area contributed by atoms with Crippen molar-refractivity contribution in [2.75, 3.05) is 27.3 Å². The van der Waals surface area contributed by atoms with Crippen LogP contribution in [0.3, 0.4) is 0 Å². The van der Waals surface area contributed by atoms with Crippen LogP contribution in [0.4, 0.5) is 4.79 Å². The van der Waals surface area contributed by atoms with Crippen molar-refractivity contribution in [1.82, 2.24) is 15.2 Å². The summed E-state index contributed by atoms with van der Waals surface area (Å²) in [5.74, 6) is 1.06. The molecule has 1 saturated heterocycles. The van der Waals surface area contributed by atoms with Gasteiger partial charge in [-0.2, -0.15) is 5.10 Å². The number of amides is 3. The quantitative estimate of drug-likeness (QED) is 0.497. The number of nitrogens with one attached hydrogen (secondary N) is 1. The third-order valence-electron chi connectivity index (χ3n) is 8.26. The highest BCUT2D eigenvalue weighted by molar-refractivity contribution is 7.09. The number of carboxylic acid groups (broad SMARTS) is 1. The summed E-state index contributed by atoms with van der Waals surface area (Å²) in [6, 6.07) is 8.59. The molecule has 214 valence electrons. The van der Waals surface area contributed by atoms with Crippen molar-refractivity contribution in [3.8, 4) is 11.5 Å². The second kappa shape index (κ2) is 12.3. The summed E-state index contributed by atoms with van der Waals surface area (Å²) in [6.07, 6.45) is 4.11.